The van der Waals surface area contributed by atoms with E-state index in [1.54, 1.807) is 4.90 Å². The number of thioether (sulfide) groups is 1. The van der Waals surface area contributed by atoms with Crippen molar-refractivity contribution in [1.29, 1.82) is 0 Å². The van der Waals surface area contributed by atoms with Crippen molar-refractivity contribution in [2.24, 2.45) is 0 Å². The number of amides is 4. The molecule has 4 rings (SSSR count). The topological polar surface area (TPSA) is 98.8 Å². The zero-order chi connectivity index (χ0) is 24.9. The van der Waals surface area contributed by atoms with Crippen molar-refractivity contribution in [2.75, 3.05) is 24.5 Å². The Labute approximate surface area is 209 Å². The van der Waals surface area contributed by atoms with E-state index in [0.29, 0.717) is 25.2 Å². The Morgan fingerprint density at radius 1 is 1.06 bits per heavy atom. The van der Waals surface area contributed by atoms with Crippen LogP contribution in [-0.2, 0) is 19.2 Å². The number of likely N-dealkylation sites (N-methyl/N-ethyl adjacent to an activating group) is 1. The molecule has 2 aromatic rings. The molecule has 4 amide bonds. The smallest absolute Gasteiger partial charge is 0.251 e. The summed E-state index contributed by atoms with van der Waals surface area (Å²) in [6, 6.07) is 15.5. The molecule has 0 spiro atoms. The Balaban J connectivity index is 1.73. The minimum atomic E-state index is -0.927. The fourth-order valence-electron chi connectivity index (χ4n) is 4.48. The third-order valence-corrected chi connectivity index (χ3v) is 7.79. The minimum absolute atomic E-state index is 0.119. The molecule has 0 unspecified atom stereocenters. The van der Waals surface area contributed by atoms with Gasteiger partial charge in [-0.05, 0) is 38.0 Å². The highest BCUT2D eigenvalue weighted by Gasteiger charge is 2.41. The number of nitrogens with one attached hydrogen (secondary N) is 2. The maximum absolute atomic E-state index is 14.1. The van der Waals surface area contributed by atoms with E-state index in [9.17, 15) is 19.2 Å². The number of hydrogen-bond donors (Lipinski definition) is 2. The first kappa shape index (κ1) is 24.8. The van der Waals surface area contributed by atoms with Crippen LogP contribution in [-0.4, -0.2) is 60.2 Å². The first-order valence-corrected chi connectivity index (χ1v) is 12.8. The molecule has 2 N–H and O–H groups in total. The summed E-state index contributed by atoms with van der Waals surface area (Å²) in [6.45, 7) is 4.77. The van der Waals surface area contributed by atoms with Crippen LogP contribution in [0.4, 0.5) is 5.69 Å². The molecule has 9 heteroatoms. The van der Waals surface area contributed by atoms with Crippen molar-refractivity contribution in [3.63, 3.8) is 0 Å². The highest BCUT2D eigenvalue weighted by molar-refractivity contribution is 7.99. The number of fused-ring (bicyclic) bond motifs is 1. The van der Waals surface area contributed by atoms with Crippen molar-refractivity contribution >= 4 is 41.1 Å². The van der Waals surface area contributed by atoms with Gasteiger partial charge in [0.25, 0.3) is 5.91 Å². The minimum Gasteiger partial charge on any atom is -0.344 e. The maximum atomic E-state index is 14.1. The molecule has 2 heterocycles. The predicted molar refractivity (Wildman–Crippen MR) is 135 cm³/mol. The summed E-state index contributed by atoms with van der Waals surface area (Å²) in [5.74, 6) is -1.08. The van der Waals surface area contributed by atoms with Gasteiger partial charge in [-0.1, -0.05) is 42.5 Å². The summed E-state index contributed by atoms with van der Waals surface area (Å²) in [4.78, 5) is 56.0. The zero-order valence-electron chi connectivity index (χ0n) is 19.9. The van der Waals surface area contributed by atoms with Crippen LogP contribution in [0.1, 0.15) is 37.5 Å². The second-order valence-electron chi connectivity index (χ2n) is 8.55. The van der Waals surface area contributed by atoms with E-state index < -0.39 is 23.2 Å². The standard InChI is InChI=1S/C26H30N4O4S/c1-3-29(4-2)22(32)16-30-19-12-8-9-13-20(19)35-24(17-10-6-5-7-11-17)23(26(30)34)28-25(33)18-14-15-21(31)27-18/h5-13,18,23-24H,3-4,14-16H2,1-2H3,(H,27,31)(H,28,33)/t18-,23+,24+/m0/s1. The molecule has 3 atom stereocenters. The summed E-state index contributed by atoms with van der Waals surface area (Å²) >= 11 is 1.49. The van der Waals surface area contributed by atoms with Gasteiger partial charge in [-0.15, -0.1) is 11.8 Å². The summed E-state index contributed by atoms with van der Waals surface area (Å²) in [6.07, 6.45) is 0.669. The molecule has 8 nitrogen and oxygen atoms in total. The second kappa shape index (κ2) is 10.9. The average Bonchev–Trinajstić information content (AvgIpc) is 3.28. The molecule has 0 bridgehead atoms. The van der Waals surface area contributed by atoms with Crippen LogP contribution in [0.2, 0.25) is 0 Å². The monoisotopic (exact) mass is 494 g/mol. The van der Waals surface area contributed by atoms with Gasteiger partial charge in [0.2, 0.25) is 17.7 Å². The molecule has 35 heavy (non-hydrogen) atoms. The van der Waals surface area contributed by atoms with Crippen LogP contribution in [0.5, 0.6) is 0 Å². The number of rotatable bonds is 7. The molecule has 2 aliphatic rings. The van der Waals surface area contributed by atoms with Gasteiger partial charge in [0.15, 0.2) is 0 Å². The lowest BCUT2D eigenvalue weighted by Crippen LogP contribution is -2.55. The quantitative estimate of drug-likeness (QED) is 0.616. The second-order valence-corrected chi connectivity index (χ2v) is 9.74. The van der Waals surface area contributed by atoms with Crippen LogP contribution in [0.3, 0.4) is 0 Å². The fourth-order valence-corrected chi connectivity index (χ4v) is 5.82. The third-order valence-electron chi connectivity index (χ3n) is 6.39. The van der Waals surface area contributed by atoms with Gasteiger partial charge in [0, 0.05) is 24.4 Å². The van der Waals surface area contributed by atoms with E-state index in [0.717, 1.165) is 10.5 Å². The summed E-state index contributed by atoms with van der Waals surface area (Å²) in [5, 5.41) is 5.18. The number of anilines is 1. The molecule has 0 aromatic heterocycles. The molecule has 2 aromatic carbocycles. The largest absolute Gasteiger partial charge is 0.344 e. The van der Waals surface area contributed by atoms with Crippen molar-refractivity contribution in [3.8, 4) is 0 Å². The Hall–Kier alpha value is -3.33. The van der Waals surface area contributed by atoms with Gasteiger partial charge < -0.3 is 20.4 Å². The van der Waals surface area contributed by atoms with Crippen LogP contribution < -0.4 is 15.5 Å². The molecule has 1 fully saturated rings. The number of hydrogen-bond acceptors (Lipinski definition) is 5. The number of carbonyl (C=O) groups is 4. The number of para-hydroxylation sites is 1. The van der Waals surface area contributed by atoms with Gasteiger partial charge >= 0.3 is 0 Å². The first-order chi connectivity index (χ1) is 16.9. The van der Waals surface area contributed by atoms with Crippen molar-refractivity contribution in [3.05, 3.63) is 60.2 Å². The predicted octanol–water partition coefficient (Wildman–Crippen LogP) is 2.50. The van der Waals surface area contributed by atoms with Crippen molar-refractivity contribution < 1.29 is 19.2 Å². The summed E-state index contributed by atoms with van der Waals surface area (Å²) in [7, 11) is 0. The Morgan fingerprint density at radius 3 is 2.40 bits per heavy atom. The Bertz CT molecular complexity index is 1110. The lowest BCUT2D eigenvalue weighted by molar-refractivity contribution is -0.132. The van der Waals surface area contributed by atoms with Crippen molar-refractivity contribution in [1.82, 2.24) is 15.5 Å². The molecule has 0 radical (unpaired) electrons. The van der Waals surface area contributed by atoms with E-state index in [2.05, 4.69) is 10.6 Å². The Kier molecular flexibility index (Phi) is 7.75. The normalized spacial score (nSPS) is 21.7. The van der Waals surface area contributed by atoms with Gasteiger partial charge in [0.1, 0.15) is 18.6 Å². The van der Waals surface area contributed by atoms with E-state index in [1.165, 1.54) is 16.7 Å². The van der Waals surface area contributed by atoms with Crippen LogP contribution in [0.15, 0.2) is 59.5 Å². The molecule has 1 saturated heterocycles. The summed E-state index contributed by atoms with van der Waals surface area (Å²) in [5.41, 5.74) is 1.54. The van der Waals surface area contributed by atoms with Crippen molar-refractivity contribution in [2.45, 2.75) is 48.9 Å². The van der Waals surface area contributed by atoms with Crippen LogP contribution >= 0.6 is 11.8 Å². The van der Waals surface area contributed by atoms with E-state index >= 15 is 0 Å². The molecular formula is C26H30N4O4S. The van der Waals surface area contributed by atoms with Gasteiger partial charge in [0.05, 0.1) is 10.9 Å². The molecular weight excluding hydrogens is 464 g/mol. The maximum Gasteiger partial charge on any atom is 0.251 e. The average molecular weight is 495 g/mol. The van der Waals surface area contributed by atoms with Gasteiger partial charge in [-0.25, -0.2) is 0 Å². The van der Waals surface area contributed by atoms with E-state index in [4.69, 9.17) is 0 Å². The zero-order valence-corrected chi connectivity index (χ0v) is 20.7. The highest BCUT2D eigenvalue weighted by atomic mass is 32.2. The molecule has 0 aliphatic carbocycles. The van der Waals surface area contributed by atoms with Crippen LogP contribution in [0, 0.1) is 0 Å². The lowest BCUT2D eigenvalue weighted by Gasteiger charge is -2.30. The third kappa shape index (κ3) is 5.35. The number of nitrogens with zero attached hydrogens (tertiary/aromatic N) is 2. The lowest BCUT2D eigenvalue weighted by atomic mass is 10.0. The first-order valence-electron chi connectivity index (χ1n) is 11.9. The highest BCUT2D eigenvalue weighted by Crippen LogP contribution is 2.45. The Morgan fingerprint density at radius 2 is 1.74 bits per heavy atom. The number of benzene rings is 2. The molecule has 0 saturated carbocycles. The van der Waals surface area contributed by atoms with Gasteiger partial charge in [-0.2, -0.15) is 0 Å². The fraction of sp³-hybridized carbons (Fsp3) is 0.385. The van der Waals surface area contributed by atoms with E-state index in [-0.39, 0.29) is 30.7 Å². The summed E-state index contributed by atoms with van der Waals surface area (Å²) < 4.78 is 0. The molecule has 184 valence electrons. The van der Waals surface area contributed by atoms with Crippen LogP contribution in [0.25, 0.3) is 0 Å². The van der Waals surface area contributed by atoms with E-state index in [1.807, 2.05) is 68.4 Å². The SMILES string of the molecule is CCN(CC)C(=O)CN1C(=O)[C@H](NC(=O)[C@@H]2CCC(=O)N2)[C@@H](c2ccccc2)Sc2ccccc21. The van der Waals surface area contributed by atoms with Gasteiger partial charge in [-0.3, -0.25) is 19.2 Å². The number of carbonyl (C=O) groups excluding carboxylic acids is 4. The molecule has 2 aliphatic heterocycles.